The van der Waals surface area contributed by atoms with Crippen molar-refractivity contribution in [1.29, 1.82) is 0 Å². The molecule has 0 spiro atoms. The predicted molar refractivity (Wildman–Crippen MR) is 89.5 cm³/mol. The van der Waals surface area contributed by atoms with Crippen LogP contribution >= 0.6 is 15.9 Å². The Hall–Kier alpha value is -1.15. The van der Waals surface area contributed by atoms with E-state index in [-0.39, 0.29) is 23.3 Å². The van der Waals surface area contributed by atoms with Gasteiger partial charge in [-0.2, -0.15) is 0 Å². The molecule has 6 nitrogen and oxygen atoms in total. The van der Waals surface area contributed by atoms with Crippen LogP contribution in [0.3, 0.4) is 0 Å². The minimum atomic E-state index is -2.90. The Balaban J connectivity index is 1.84. The molecule has 2 unspecified atom stereocenters. The summed E-state index contributed by atoms with van der Waals surface area (Å²) in [5, 5.41) is 5.88. The minimum absolute atomic E-state index is 0.0219. The summed E-state index contributed by atoms with van der Waals surface area (Å²) in [4.78, 5) is 16.3. The smallest absolute Gasteiger partial charge is 0.242 e. The van der Waals surface area contributed by atoms with Crippen LogP contribution in [0.1, 0.15) is 18.9 Å². The van der Waals surface area contributed by atoms with Gasteiger partial charge in [-0.15, -0.1) is 0 Å². The van der Waals surface area contributed by atoms with E-state index in [0.29, 0.717) is 18.8 Å². The van der Waals surface area contributed by atoms with Gasteiger partial charge in [0.2, 0.25) is 5.91 Å². The van der Waals surface area contributed by atoms with E-state index < -0.39 is 15.9 Å². The highest BCUT2D eigenvalue weighted by Gasteiger charge is 2.28. The number of hydrogen-bond donors (Lipinski definition) is 2. The van der Waals surface area contributed by atoms with E-state index >= 15 is 0 Å². The number of amides is 1. The second-order valence-electron chi connectivity index (χ2n) is 5.70. The Morgan fingerprint density at radius 2 is 2.27 bits per heavy atom. The number of sulfone groups is 1. The molecule has 2 heterocycles. The topological polar surface area (TPSA) is 88.2 Å². The van der Waals surface area contributed by atoms with Gasteiger partial charge in [-0.3, -0.25) is 4.79 Å². The Bertz CT molecular complexity index is 663. The van der Waals surface area contributed by atoms with Crippen molar-refractivity contribution < 1.29 is 13.2 Å². The molecule has 122 valence electrons. The number of nitrogens with one attached hydrogen (secondary N) is 2. The fourth-order valence-electron chi connectivity index (χ4n) is 2.39. The SMILES string of the molecule is Cc1cc(Br)cnc1NC(C)C(=O)NCC1CCS(=O)(=O)C1. The van der Waals surface area contributed by atoms with Crippen molar-refractivity contribution in [3.63, 3.8) is 0 Å². The first-order valence-electron chi connectivity index (χ1n) is 7.13. The first kappa shape index (κ1) is 17.2. The number of aryl methyl sites for hydroxylation is 1. The normalized spacial score (nSPS) is 21.3. The fraction of sp³-hybridized carbons (Fsp3) is 0.571. The third-order valence-corrected chi connectivity index (χ3v) is 5.95. The molecule has 2 N–H and O–H groups in total. The monoisotopic (exact) mass is 389 g/mol. The molecule has 0 aliphatic carbocycles. The molecule has 0 bridgehead atoms. The molecule has 22 heavy (non-hydrogen) atoms. The number of carbonyl (C=O) groups is 1. The Labute approximate surface area is 139 Å². The molecular weight excluding hydrogens is 370 g/mol. The van der Waals surface area contributed by atoms with Crippen LogP contribution in [0.2, 0.25) is 0 Å². The van der Waals surface area contributed by atoms with Gasteiger partial charge in [0.05, 0.1) is 11.5 Å². The van der Waals surface area contributed by atoms with Crippen LogP contribution in [0.4, 0.5) is 5.82 Å². The van der Waals surface area contributed by atoms with Crippen molar-refractivity contribution in [2.45, 2.75) is 26.3 Å². The zero-order chi connectivity index (χ0) is 16.3. The van der Waals surface area contributed by atoms with Crippen LogP contribution < -0.4 is 10.6 Å². The summed E-state index contributed by atoms with van der Waals surface area (Å²) < 4.78 is 23.7. The minimum Gasteiger partial charge on any atom is -0.358 e. The number of nitrogens with zero attached hydrogens (tertiary/aromatic N) is 1. The second-order valence-corrected chi connectivity index (χ2v) is 8.84. The average molecular weight is 390 g/mol. The second kappa shape index (κ2) is 6.95. The largest absolute Gasteiger partial charge is 0.358 e. The lowest BCUT2D eigenvalue weighted by Crippen LogP contribution is -2.40. The summed E-state index contributed by atoms with van der Waals surface area (Å²) in [5.41, 5.74) is 0.941. The van der Waals surface area contributed by atoms with Gasteiger partial charge < -0.3 is 10.6 Å². The molecule has 0 aromatic carbocycles. The number of hydrogen-bond acceptors (Lipinski definition) is 5. The summed E-state index contributed by atoms with van der Waals surface area (Å²) in [6, 6.07) is 1.48. The lowest BCUT2D eigenvalue weighted by molar-refractivity contribution is -0.121. The zero-order valence-electron chi connectivity index (χ0n) is 12.6. The highest BCUT2D eigenvalue weighted by Crippen LogP contribution is 2.18. The zero-order valence-corrected chi connectivity index (χ0v) is 15.0. The molecule has 2 atom stereocenters. The van der Waals surface area contributed by atoms with Gasteiger partial charge in [0.1, 0.15) is 11.9 Å². The summed E-state index contributed by atoms with van der Waals surface area (Å²) >= 11 is 3.34. The van der Waals surface area contributed by atoms with E-state index in [9.17, 15) is 13.2 Å². The number of carbonyl (C=O) groups excluding carboxylic acids is 1. The summed E-state index contributed by atoms with van der Waals surface area (Å²) in [5.74, 6) is 0.919. The van der Waals surface area contributed by atoms with Crippen molar-refractivity contribution >= 4 is 37.5 Å². The molecule has 0 radical (unpaired) electrons. The van der Waals surface area contributed by atoms with Gasteiger partial charge in [-0.25, -0.2) is 13.4 Å². The maximum atomic E-state index is 12.1. The number of halogens is 1. The molecule has 1 saturated heterocycles. The third-order valence-electron chi connectivity index (χ3n) is 3.68. The van der Waals surface area contributed by atoms with Crippen LogP contribution in [0.25, 0.3) is 0 Å². The number of aromatic nitrogens is 1. The number of rotatable bonds is 5. The molecule has 2 rings (SSSR count). The van der Waals surface area contributed by atoms with Crippen LogP contribution in [0, 0.1) is 12.8 Å². The molecule has 1 amide bonds. The van der Waals surface area contributed by atoms with Crippen LogP contribution in [-0.2, 0) is 14.6 Å². The van der Waals surface area contributed by atoms with Crippen LogP contribution in [0.5, 0.6) is 0 Å². The van der Waals surface area contributed by atoms with Crippen molar-refractivity contribution in [2.24, 2.45) is 5.92 Å². The van der Waals surface area contributed by atoms with Crippen molar-refractivity contribution in [2.75, 3.05) is 23.4 Å². The quantitative estimate of drug-likeness (QED) is 0.796. The molecule has 1 aromatic heterocycles. The van der Waals surface area contributed by atoms with Gasteiger partial charge in [-0.1, -0.05) is 0 Å². The van der Waals surface area contributed by atoms with E-state index in [2.05, 4.69) is 31.5 Å². The van der Waals surface area contributed by atoms with Crippen molar-refractivity contribution in [3.8, 4) is 0 Å². The standard InChI is InChI=1S/C14H20BrN3O3S/c1-9-5-12(15)7-16-13(9)18-10(2)14(19)17-6-11-3-4-22(20,21)8-11/h5,7,10-11H,3-4,6,8H2,1-2H3,(H,16,18)(H,17,19). The molecule has 1 aliphatic rings. The van der Waals surface area contributed by atoms with Crippen molar-refractivity contribution in [3.05, 3.63) is 22.3 Å². The highest BCUT2D eigenvalue weighted by atomic mass is 79.9. The Morgan fingerprint density at radius 3 is 2.86 bits per heavy atom. The van der Waals surface area contributed by atoms with Gasteiger partial charge in [-0.05, 0) is 53.7 Å². The third kappa shape index (κ3) is 4.67. The molecule has 1 fully saturated rings. The van der Waals surface area contributed by atoms with E-state index in [4.69, 9.17) is 0 Å². The number of pyridine rings is 1. The highest BCUT2D eigenvalue weighted by molar-refractivity contribution is 9.10. The lowest BCUT2D eigenvalue weighted by atomic mass is 10.1. The predicted octanol–water partition coefficient (Wildman–Crippen LogP) is 1.50. The van der Waals surface area contributed by atoms with Crippen LogP contribution in [-0.4, -0.2) is 43.4 Å². The summed E-state index contributed by atoms with van der Waals surface area (Å²) in [7, 11) is -2.90. The maximum absolute atomic E-state index is 12.1. The Kier molecular flexibility index (Phi) is 5.44. The molecule has 1 aliphatic heterocycles. The first-order chi connectivity index (χ1) is 10.3. The molecule has 0 saturated carbocycles. The van der Waals surface area contributed by atoms with E-state index in [0.717, 1.165) is 10.0 Å². The van der Waals surface area contributed by atoms with Gasteiger partial charge in [0, 0.05) is 17.2 Å². The molecular formula is C14H20BrN3O3S. The average Bonchev–Trinajstić information content (AvgIpc) is 2.78. The first-order valence-corrected chi connectivity index (χ1v) is 9.75. The summed E-state index contributed by atoms with van der Waals surface area (Å²) in [6.45, 7) is 4.06. The summed E-state index contributed by atoms with van der Waals surface area (Å²) in [6.07, 6.45) is 2.29. The number of anilines is 1. The molecule has 8 heteroatoms. The fourth-order valence-corrected chi connectivity index (χ4v) is 4.70. The van der Waals surface area contributed by atoms with Crippen molar-refractivity contribution in [1.82, 2.24) is 10.3 Å². The maximum Gasteiger partial charge on any atom is 0.242 e. The molecule has 1 aromatic rings. The van der Waals surface area contributed by atoms with E-state index in [1.807, 2.05) is 13.0 Å². The van der Waals surface area contributed by atoms with Crippen LogP contribution in [0.15, 0.2) is 16.7 Å². The van der Waals surface area contributed by atoms with Gasteiger partial charge in [0.25, 0.3) is 0 Å². The van der Waals surface area contributed by atoms with Gasteiger partial charge >= 0.3 is 0 Å². The van der Waals surface area contributed by atoms with E-state index in [1.54, 1.807) is 13.1 Å². The lowest BCUT2D eigenvalue weighted by Gasteiger charge is -2.17. The van der Waals surface area contributed by atoms with Gasteiger partial charge in [0.15, 0.2) is 9.84 Å². The Morgan fingerprint density at radius 1 is 1.55 bits per heavy atom. The van der Waals surface area contributed by atoms with E-state index in [1.165, 1.54) is 0 Å².